The maximum atomic E-state index is 10.3. The molecule has 1 aliphatic heterocycles. The standard InChI is InChI=1S/C4H5N2O2/c7-4-3-6(8)2-1-5-4/h1-2H,3H2,(H,5,7)/q-1. The Labute approximate surface area is 46.4 Å². The third kappa shape index (κ3) is 0.974. The van der Waals surface area contributed by atoms with Crippen molar-refractivity contribution in [1.82, 2.24) is 10.4 Å². The fourth-order valence-corrected chi connectivity index (χ4v) is 0.453. The molecule has 8 heavy (non-hydrogen) atoms. The van der Waals surface area contributed by atoms with E-state index < -0.39 is 0 Å². The van der Waals surface area contributed by atoms with Crippen LogP contribution in [0.3, 0.4) is 0 Å². The van der Waals surface area contributed by atoms with Crippen LogP contribution >= 0.6 is 0 Å². The molecule has 1 aliphatic rings. The van der Waals surface area contributed by atoms with Crippen LogP contribution in [-0.4, -0.2) is 17.5 Å². The molecule has 0 saturated heterocycles. The van der Waals surface area contributed by atoms with E-state index in [1.807, 2.05) is 0 Å². The predicted octanol–water partition coefficient (Wildman–Crippen LogP) is -0.613. The van der Waals surface area contributed by atoms with Crippen molar-refractivity contribution >= 4 is 5.91 Å². The summed E-state index contributed by atoms with van der Waals surface area (Å²) in [5.41, 5.74) is 0. The van der Waals surface area contributed by atoms with Gasteiger partial charge in [-0.3, -0.25) is 4.79 Å². The third-order valence-electron chi connectivity index (χ3n) is 0.785. The molecule has 1 amide bonds. The fourth-order valence-electron chi connectivity index (χ4n) is 0.453. The number of nitrogens with zero attached hydrogens (tertiary/aromatic N) is 1. The second kappa shape index (κ2) is 1.83. The number of carbonyl (C=O) groups excluding carboxylic acids is 1. The first-order valence-corrected chi connectivity index (χ1v) is 2.19. The van der Waals surface area contributed by atoms with Crippen molar-refractivity contribution in [2.75, 3.05) is 6.54 Å². The average molecular weight is 113 g/mol. The van der Waals surface area contributed by atoms with Gasteiger partial charge in [-0.05, 0) is 0 Å². The Bertz CT molecular complexity index is 132. The van der Waals surface area contributed by atoms with Gasteiger partial charge in [0.2, 0.25) is 5.91 Å². The lowest BCUT2D eigenvalue weighted by atomic mass is 10.5. The smallest absolute Gasteiger partial charge is 0.242 e. The van der Waals surface area contributed by atoms with Gasteiger partial charge < -0.3 is 15.6 Å². The molecule has 0 aliphatic carbocycles. The van der Waals surface area contributed by atoms with Gasteiger partial charge in [-0.1, -0.05) is 0 Å². The van der Waals surface area contributed by atoms with Gasteiger partial charge in [0, 0.05) is 12.4 Å². The van der Waals surface area contributed by atoms with Crippen LogP contribution in [0.15, 0.2) is 12.4 Å². The van der Waals surface area contributed by atoms with Crippen LogP contribution < -0.4 is 5.32 Å². The van der Waals surface area contributed by atoms with Crippen molar-refractivity contribution in [2.24, 2.45) is 0 Å². The summed E-state index contributed by atoms with van der Waals surface area (Å²) in [5, 5.41) is 13.2. The Morgan fingerprint density at radius 1 is 1.88 bits per heavy atom. The molecular weight excluding hydrogens is 108 g/mol. The van der Waals surface area contributed by atoms with E-state index >= 15 is 0 Å². The van der Waals surface area contributed by atoms with Gasteiger partial charge >= 0.3 is 0 Å². The van der Waals surface area contributed by atoms with Crippen LogP contribution in [0.5, 0.6) is 0 Å². The first-order chi connectivity index (χ1) is 3.79. The highest BCUT2D eigenvalue weighted by molar-refractivity contribution is 5.79. The van der Waals surface area contributed by atoms with Gasteiger partial charge in [0.15, 0.2) is 0 Å². The lowest BCUT2D eigenvalue weighted by Crippen LogP contribution is -2.33. The van der Waals surface area contributed by atoms with E-state index in [4.69, 9.17) is 0 Å². The van der Waals surface area contributed by atoms with E-state index in [1.165, 1.54) is 12.4 Å². The minimum Gasteiger partial charge on any atom is -0.758 e. The lowest BCUT2D eigenvalue weighted by molar-refractivity contribution is -0.120. The summed E-state index contributed by atoms with van der Waals surface area (Å²) in [5.74, 6) is -0.262. The molecule has 0 spiro atoms. The summed E-state index contributed by atoms with van der Waals surface area (Å²) >= 11 is 0. The minimum atomic E-state index is -0.262. The molecule has 0 atom stereocenters. The maximum Gasteiger partial charge on any atom is 0.242 e. The molecule has 0 fully saturated rings. The van der Waals surface area contributed by atoms with Gasteiger partial charge in [-0.15, -0.1) is 0 Å². The predicted molar refractivity (Wildman–Crippen MR) is 27.4 cm³/mol. The molecule has 0 unspecified atom stereocenters. The van der Waals surface area contributed by atoms with Crippen molar-refractivity contribution in [2.45, 2.75) is 0 Å². The van der Waals surface area contributed by atoms with E-state index in [0.29, 0.717) is 5.06 Å². The van der Waals surface area contributed by atoms with Crippen LogP contribution in [0.25, 0.3) is 0 Å². The summed E-state index contributed by atoms with van der Waals surface area (Å²) in [7, 11) is 0. The first-order valence-electron chi connectivity index (χ1n) is 2.19. The minimum absolute atomic E-state index is 0.0868. The Morgan fingerprint density at radius 3 is 3.00 bits per heavy atom. The van der Waals surface area contributed by atoms with E-state index in [9.17, 15) is 10.0 Å². The van der Waals surface area contributed by atoms with Crippen LogP contribution in [-0.2, 0) is 4.79 Å². The number of hydrogen-bond donors (Lipinski definition) is 1. The molecule has 44 valence electrons. The maximum absolute atomic E-state index is 10.3. The van der Waals surface area contributed by atoms with Gasteiger partial charge in [0.05, 0.1) is 6.54 Å². The fraction of sp³-hybridized carbons (Fsp3) is 0.250. The molecule has 1 N–H and O–H groups in total. The summed E-state index contributed by atoms with van der Waals surface area (Å²) in [4.78, 5) is 10.3. The largest absolute Gasteiger partial charge is 0.758 e. The Hall–Kier alpha value is -1.03. The van der Waals surface area contributed by atoms with Crippen molar-refractivity contribution in [3.05, 3.63) is 17.6 Å². The quantitative estimate of drug-likeness (QED) is 0.455. The zero-order valence-electron chi connectivity index (χ0n) is 4.13. The number of carbonyl (C=O) groups is 1. The molecule has 0 bridgehead atoms. The molecule has 0 radical (unpaired) electrons. The van der Waals surface area contributed by atoms with E-state index in [0.717, 1.165) is 0 Å². The molecule has 1 heterocycles. The summed E-state index contributed by atoms with van der Waals surface area (Å²) in [6, 6.07) is 0. The average Bonchev–Trinajstić information content (AvgIpc) is 1.64. The number of nitrogens with one attached hydrogen (secondary N) is 1. The Kier molecular flexibility index (Phi) is 1.17. The normalized spacial score (nSPS) is 18.6. The van der Waals surface area contributed by atoms with E-state index in [1.54, 1.807) is 0 Å². The topological polar surface area (TPSA) is 55.4 Å². The Balaban J connectivity index is 2.54. The second-order valence-corrected chi connectivity index (χ2v) is 1.46. The molecule has 0 aromatic carbocycles. The number of hydroxylamine groups is 2. The molecular formula is C4H5N2O2-. The van der Waals surface area contributed by atoms with Crippen molar-refractivity contribution in [3.63, 3.8) is 0 Å². The Morgan fingerprint density at radius 2 is 2.62 bits per heavy atom. The highest BCUT2D eigenvalue weighted by atomic mass is 16.5. The monoisotopic (exact) mass is 113 g/mol. The van der Waals surface area contributed by atoms with Crippen LogP contribution in [0.2, 0.25) is 0 Å². The third-order valence-corrected chi connectivity index (χ3v) is 0.785. The van der Waals surface area contributed by atoms with Crippen molar-refractivity contribution < 1.29 is 4.79 Å². The van der Waals surface area contributed by atoms with E-state index in [2.05, 4.69) is 5.32 Å². The highest BCUT2D eigenvalue weighted by Gasteiger charge is 2.00. The van der Waals surface area contributed by atoms with Crippen LogP contribution in [0, 0.1) is 5.21 Å². The molecule has 4 nitrogen and oxygen atoms in total. The number of amides is 1. The molecule has 0 aromatic rings. The zero-order valence-corrected chi connectivity index (χ0v) is 4.13. The van der Waals surface area contributed by atoms with Crippen molar-refractivity contribution in [3.8, 4) is 0 Å². The van der Waals surface area contributed by atoms with Crippen molar-refractivity contribution in [1.29, 1.82) is 0 Å². The van der Waals surface area contributed by atoms with E-state index in [-0.39, 0.29) is 12.5 Å². The number of hydrogen-bond acceptors (Lipinski definition) is 3. The molecule has 1 rings (SSSR count). The van der Waals surface area contributed by atoms with Gasteiger partial charge in [-0.2, -0.15) is 0 Å². The second-order valence-electron chi connectivity index (χ2n) is 1.46. The molecule has 4 heteroatoms. The molecule has 0 saturated carbocycles. The molecule has 0 aromatic heterocycles. The summed E-state index contributed by atoms with van der Waals surface area (Å²) in [6.45, 7) is -0.0868. The van der Waals surface area contributed by atoms with Gasteiger partial charge in [-0.25, -0.2) is 0 Å². The lowest BCUT2D eigenvalue weighted by Gasteiger charge is -2.27. The number of rotatable bonds is 0. The van der Waals surface area contributed by atoms with Crippen LogP contribution in [0.4, 0.5) is 0 Å². The van der Waals surface area contributed by atoms with Crippen LogP contribution in [0.1, 0.15) is 0 Å². The van der Waals surface area contributed by atoms with Gasteiger partial charge in [0.1, 0.15) is 0 Å². The summed E-state index contributed by atoms with van der Waals surface area (Å²) in [6.07, 6.45) is 2.58. The van der Waals surface area contributed by atoms with Gasteiger partial charge in [0.25, 0.3) is 0 Å². The highest BCUT2D eigenvalue weighted by Crippen LogP contribution is 1.88. The SMILES string of the molecule is O=C1CN([O-])C=CN1. The zero-order chi connectivity index (χ0) is 5.98. The first kappa shape index (κ1) is 5.11. The summed E-state index contributed by atoms with van der Waals surface area (Å²) < 4.78 is 0.